The van der Waals surface area contributed by atoms with Gasteiger partial charge in [-0.2, -0.15) is 0 Å². The van der Waals surface area contributed by atoms with Crippen molar-refractivity contribution in [2.45, 2.75) is 23.4 Å². The second-order valence-corrected chi connectivity index (χ2v) is 6.53. The van der Waals surface area contributed by atoms with E-state index in [1.54, 1.807) is 24.3 Å². The van der Waals surface area contributed by atoms with Gasteiger partial charge in [0.05, 0.1) is 5.75 Å². The van der Waals surface area contributed by atoms with Gasteiger partial charge in [-0.15, -0.1) is 0 Å². The van der Waals surface area contributed by atoms with Gasteiger partial charge in [-0.25, -0.2) is 13.4 Å². The van der Waals surface area contributed by atoms with Crippen molar-refractivity contribution in [3.63, 3.8) is 0 Å². The highest BCUT2D eigenvalue weighted by Crippen LogP contribution is 2.14. The Bertz CT molecular complexity index is 726. The summed E-state index contributed by atoms with van der Waals surface area (Å²) in [6, 6.07) is 5.68. The van der Waals surface area contributed by atoms with E-state index in [4.69, 9.17) is 10.8 Å². The minimum atomic E-state index is -3.55. The number of nitrogens with zero attached hydrogens (tertiary/aromatic N) is 1. The van der Waals surface area contributed by atoms with Crippen LogP contribution in [0.5, 0.6) is 0 Å². The fourth-order valence-corrected chi connectivity index (χ4v) is 3.12. The number of aromatic amines is 1. The summed E-state index contributed by atoms with van der Waals surface area (Å²) in [6.45, 7) is 0. The summed E-state index contributed by atoms with van der Waals surface area (Å²) in [5.41, 5.74) is 6.70. The number of nitrogens with one attached hydrogen (secondary N) is 1. The normalized spacial score (nSPS) is 13.0. The van der Waals surface area contributed by atoms with Gasteiger partial charge in [-0.05, 0) is 17.5 Å². The molecule has 1 atom stereocenters. The third-order valence-electron chi connectivity index (χ3n) is 2.89. The molecule has 1 aromatic carbocycles. The summed E-state index contributed by atoms with van der Waals surface area (Å²) in [5.74, 6) is -1.31. The first-order chi connectivity index (χ1) is 9.88. The molecule has 0 fully saturated rings. The highest BCUT2D eigenvalue weighted by atomic mass is 32.2. The molecule has 0 saturated heterocycles. The number of hydrogen-bond donors (Lipinski definition) is 3. The molecule has 21 heavy (non-hydrogen) atoms. The van der Waals surface area contributed by atoms with Gasteiger partial charge in [-0.1, -0.05) is 24.3 Å². The van der Waals surface area contributed by atoms with Crippen LogP contribution >= 0.6 is 0 Å². The number of carboxylic acid groups (broad SMARTS) is 1. The first-order valence-corrected chi connectivity index (χ1v) is 7.82. The number of benzene rings is 1. The molecule has 1 aromatic heterocycles. The Balaban J connectivity index is 2.17. The maximum Gasteiger partial charge on any atom is 0.320 e. The summed E-state index contributed by atoms with van der Waals surface area (Å²) >= 11 is 0. The lowest BCUT2D eigenvalue weighted by Crippen LogP contribution is -2.32. The monoisotopic (exact) mass is 309 g/mol. The van der Waals surface area contributed by atoms with Crippen molar-refractivity contribution in [2.75, 3.05) is 0 Å². The van der Waals surface area contributed by atoms with Crippen LogP contribution in [0.3, 0.4) is 0 Å². The van der Waals surface area contributed by atoms with Crippen LogP contribution in [0.15, 0.2) is 41.8 Å². The molecule has 0 saturated carbocycles. The van der Waals surface area contributed by atoms with Crippen molar-refractivity contribution in [1.82, 2.24) is 9.97 Å². The second-order valence-electron chi connectivity index (χ2n) is 4.62. The number of rotatable bonds is 6. The number of aliphatic carboxylic acids is 1. The zero-order chi connectivity index (χ0) is 15.5. The summed E-state index contributed by atoms with van der Waals surface area (Å²) in [7, 11) is -3.55. The lowest BCUT2D eigenvalue weighted by atomic mass is 10.0. The van der Waals surface area contributed by atoms with E-state index in [2.05, 4.69) is 9.97 Å². The van der Waals surface area contributed by atoms with Gasteiger partial charge in [0.15, 0.2) is 0 Å². The lowest BCUT2D eigenvalue weighted by Gasteiger charge is -2.08. The van der Waals surface area contributed by atoms with Gasteiger partial charge in [-0.3, -0.25) is 4.79 Å². The predicted octanol–water partition coefficient (Wildman–Crippen LogP) is 0.338. The Kier molecular flexibility index (Phi) is 4.39. The molecule has 0 bridgehead atoms. The van der Waals surface area contributed by atoms with Crippen LogP contribution in [0.1, 0.15) is 11.1 Å². The minimum Gasteiger partial charge on any atom is -0.480 e. The fraction of sp³-hybridized carbons (Fsp3) is 0.231. The zero-order valence-corrected chi connectivity index (χ0v) is 11.9. The Morgan fingerprint density at radius 3 is 2.71 bits per heavy atom. The molecular weight excluding hydrogens is 294 g/mol. The van der Waals surface area contributed by atoms with Crippen LogP contribution in [-0.4, -0.2) is 35.5 Å². The van der Waals surface area contributed by atoms with E-state index in [0.717, 1.165) is 0 Å². The van der Waals surface area contributed by atoms with Crippen molar-refractivity contribution >= 4 is 15.8 Å². The van der Waals surface area contributed by atoms with Gasteiger partial charge in [0, 0.05) is 12.4 Å². The van der Waals surface area contributed by atoms with Crippen molar-refractivity contribution < 1.29 is 18.3 Å². The summed E-state index contributed by atoms with van der Waals surface area (Å²) < 4.78 is 24.2. The fourth-order valence-electron chi connectivity index (χ4n) is 1.90. The highest BCUT2D eigenvalue weighted by molar-refractivity contribution is 7.90. The molecule has 4 N–H and O–H groups in total. The van der Waals surface area contributed by atoms with Crippen LogP contribution in [0, 0.1) is 0 Å². The summed E-state index contributed by atoms with van der Waals surface area (Å²) in [4.78, 5) is 17.0. The van der Waals surface area contributed by atoms with E-state index in [0.29, 0.717) is 11.1 Å². The van der Waals surface area contributed by atoms with Crippen LogP contribution in [0.2, 0.25) is 0 Å². The molecule has 7 nitrogen and oxygen atoms in total. The topological polar surface area (TPSA) is 126 Å². The molecule has 0 radical (unpaired) electrons. The van der Waals surface area contributed by atoms with E-state index >= 15 is 0 Å². The Morgan fingerprint density at radius 2 is 2.10 bits per heavy atom. The highest BCUT2D eigenvalue weighted by Gasteiger charge is 2.18. The lowest BCUT2D eigenvalue weighted by molar-refractivity contribution is -0.138. The second kappa shape index (κ2) is 6.06. The number of carbonyl (C=O) groups is 1. The number of aromatic nitrogens is 2. The van der Waals surface area contributed by atoms with E-state index in [-0.39, 0.29) is 17.3 Å². The van der Waals surface area contributed by atoms with Gasteiger partial charge in [0.2, 0.25) is 15.0 Å². The Morgan fingerprint density at radius 1 is 1.38 bits per heavy atom. The number of nitrogens with two attached hydrogens (primary N) is 1. The van der Waals surface area contributed by atoms with E-state index < -0.39 is 21.8 Å². The van der Waals surface area contributed by atoms with Crippen molar-refractivity contribution in [2.24, 2.45) is 5.73 Å². The number of H-pyrrole nitrogens is 1. The summed E-state index contributed by atoms with van der Waals surface area (Å²) in [6.07, 6.45) is 2.95. The molecule has 0 aliphatic rings. The van der Waals surface area contributed by atoms with Crippen molar-refractivity contribution in [3.8, 4) is 0 Å². The molecule has 0 amide bonds. The van der Waals surface area contributed by atoms with Gasteiger partial charge >= 0.3 is 5.97 Å². The van der Waals surface area contributed by atoms with Crippen molar-refractivity contribution in [3.05, 3.63) is 47.8 Å². The predicted molar refractivity (Wildman–Crippen MR) is 75.2 cm³/mol. The Hall–Kier alpha value is -2.19. The maximum atomic E-state index is 12.1. The quantitative estimate of drug-likeness (QED) is 0.706. The molecule has 1 heterocycles. The van der Waals surface area contributed by atoms with Gasteiger partial charge in [0.25, 0.3) is 0 Å². The minimum absolute atomic E-state index is 0.0878. The molecular formula is C13H15N3O4S. The van der Waals surface area contributed by atoms with Gasteiger partial charge in [0.1, 0.15) is 6.04 Å². The molecule has 0 spiro atoms. The third kappa shape index (κ3) is 3.89. The number of carboxylic acids is 1. The number of hydrogen-bond acceptors (Lipinski definition) is 5. The van der Waals surface area contributed by atoms with Crippen LogP contribution in [0.25, 0.3) is 0 Å². The van der Waals surface area contributed by atoms with E-state index in [1.165, 1.54) is 12.4 Å². The smallest absolute Gasteiger partial charge is 0.320 e. The molecule has 0 aliphatic carbocycles. The largest absolute Gasteiger partial charge is 0.480 e. The van der Waals surface area contributed by atoms with Gasteiger partial charge < -0.3 is 15.8 Å². The molecule has 112 valence electrons. The van der Waals surface area contributed by atoms with E-state index in [1.807, 2.05) is 0 Å². The molecule has 0 unspecified atom stereocenters. The molecule has 2 rings (SSSR count). The number of imidazole rings is 1. The summed E-state index contributed by atoms with van der Waals surface area (Å²) in [5, 5.41) is 8.70. The average molecular weight is 309 g/mol. The standard InChI is InChI=1S/C13H15N3O4S/c14-11(12(17)18)7-9-2-1-3-10(6-9)8-21(19,20)13-15-4-5-16-13/h1-6,11H,7-8,14H2,(H,15,16)(H,17,18)/t11-/m0/s1. The first kappa shape index (κ1) is 15.2. The zero-order valence-electron chi connectivity index (χ0n) is 11.1. The van der Waals surface area contributed by atoms with Crippen LogP contribution in [-0.2, 0) is 26.8 Å². The SMILES string of the molecule is N[C@@H](Cc1cccc(CS(=O)(=O)c2ncc[nH]2)c1)C(=O)O. The van der Waals surface area contributed by atoms with Crippen molar-refractivity contribution in [1.29, 1.82) is 0 Å². The Labute approximate surface area is 121 Å². The van der Waals surface area contributed by atoms with Crippen LogP contribution < -0.4 is 5.73 Å². The third-order valence-corrected chi connectivity index (χ3v) is 4.41. The van der Waals surface area contributed by atoms with Crippen LogP contribution in [0.4, 0.5) is 0 Å². The average Bonchev–Trinajstić information content (AvgIpc) is 2.93. The first-order valence-electron chi connectivity index (χ1n) is 6.17. The molecule has 2 aromatic rings. The molecule has 8 heteroatoms. The van der Waals surface area contributed by atoms with E-state index in [9.17, 15) is 13.2 Å². The molecule has 0 aliphatic heterocycles. The maximum absolute atomic E-state index is 12.1. The number of sulfone groups is 1.